The van der Waals surface area contributed by atoms with Gasteiger partial charge < -0.3 is 4.90 Å². The summed E-state index contributed by atoms with van der Waals surface area (Å²) in [4.78, 5) is 19.1. The van der Waals surface area contributed by atoms with Gasteiger partial charge in [0.2, 0.25) is 0 Å². The maximum atomic E-state index is 12.9. The molecule has 0 unspecified atom stereocenters. The van der Waals surface area contributed by atoms with Crippen molar-refractivity contribution in [3.8, 4) is 0 Å². The van der Waals surface area contributed by atoms with Gasteiger partial charge in [-0.15, -0.1) is 0 Å². The molecule has 1 aromatic rings. The Balaban J connectivity index is 1.66. The van der Waals surface area contributed by atoms with E-state index in [1.165, 1.54) is 37.5 Å². The maximum Gasteiger partial charge on any atom is 0.274 e. The summed E-state index contributed by atoms with van der Waals surface area (Å²) in [6, 6.07) is 5.53. The van der Waals surface area contributed by atoms with Crippen LogP contribution in [0.1, 0.15) is 29.6 Å². The molecule has 1 aliphatic heterocycles. The fourth-order valence-corrected chi connectivity index (χ4v) is 2.16. The van der Waals surface area contributed by atoms with Gasteiger partial charge in [0.15, 0.2) is 0 Å². The zero-order chi connectivity index (χ0) is 13.5. The number of hydrogen-bond acceptors (Lipinski definition) is 3. The van der Waals surface area contributed by atoms with Crippen molar-refractivity contribution in [3.05, 3.63) is 35.6 Å². The standard InChI is InChI=1S/C14H19FN2O2/c15-13-6-4-5-12(11-13)14(18)16-19-10-9-17-7-2-1-3-8-17/h4-6,11H,1-3,7-10H2,(H,16,18). The molecule has 1 N–H and O–H groups in total. The third-order valence-corrected chi connectivity index (χ3v) is 3.21. The van der Waals surface area contributed by atoms with Crippen LogP contribution in [0.15, 0.2) is 24.3 Å². The minimum atomic E-state index is -0.430. The van der Waals surface area contributed by atoms with Gasteiger partial charge in [-0.1, -0.05) is 12.5 Å². The number of carbonyl (C=O) groups excluding carboxylic acids is 1. The van der Waals surface area contributed by atoms with Gasteiger partial charge in [-0.25, -0.2) is 9.87 Å². The van der Waals surface area contributed by atoms with Gasteiger partial charge in [0.25, 0.3) is 5.91 Å². The molecule has 0 saturated carbocycles. The van der Waals surface area contributed by atoms with Crippen molar-refractivity contribution in [1.29, 1.82) is 0 Å². The number of piperidine rings is 1. The van der Waals surface area contributed by atoms with E-state index in [4.69, 9.17) is 4.84 Å². The number of amides is 1. The number of benzene rings is 1. The van der Waals surface area contributed by atoms with E-state index in [0.29, 0.717) is 6.61 Å². The number of rotatable bonds is 5. The zero-order valence-corrected chi connectivity index (χ0v) is 10.9. The molecule has 1 saturated heterocycles. The maximum absolute atomic E-state index is 12.9. The van der Waals surface area contributed by atoms with Crippen LogP contribution in [-0.4, -0.2) is 37.0 Å². The van der Waals surface area contributed by atoms with E-state index in [0.717, 1.165) is 19.6 Å². The van der Waals surface area contributed by atoms with Crippen LogP contribution in [0.3, 0.4) is 0 Å². The molecule has 0 atom stereocenters. The first-order valence-electron chi connectivity index (χ1n) is 6.66. The minimum absolute atomic E-state index is 0.262. The summed E-state index contributed by atoms with van der Waals surface area (Å²) >= 11 is 0. The van der Waals surface area contributed by atoms with Crippen molar-refractivity contribution >= 4 is 5.91 Å². The van der Waals surface area contributed by atoms with Gasteiger partial charge in [0.1, 0.15) is 5.82 Å². The molecule has 1 aromatic carbocycles. The highest BCUT2D eigenvalue weighted by Gasteiger charge is 2.10. The number of nitrogens with zero attached hydrogens (tertiary/aromatic N) is 1. The largest absolute Gasteiger partial charge is 0.301 e. The van der Waals surface area contributed by atoms with E-state index in [-0.39, 0.29) is 5.56 Å². The Morgan fingerprint density at radius 1 is 1.32 bits per heavy atom. The third kappa shape index (κ3) is 4.61. The lowest BCUT2D eigenvalue weighted by Crippen LogP contribution is -2.35. The molecule has 2 rings (SSSR count). The van der Waals surface area contributed by atoms with E-state index < -0.39 is 11.7 Å². The first-order valence-corrected chi connectivity index (χ1v) is 6.66. The number of hydroxylamine groups is 1. The Kier molecular flexibility index (Phi) is 5.30. The van der Waals surface area contributed by atoms with E-state index in [2.05, 4.69) is 10.4 Å². The van der Waals surface area contributed by atoms with Gasteiger partial charge in [-0.3, -0.25) is 9.63 Å². The van der Waals surface area contributed by atoms with Gasteiger partial charge in [0, 0.05) is 12.1 Å². The topological polar surface area (TPSA) is 41.6 Å². The van der Waals surface area contributed by atoms with Crippen molar-refractivity contribution in [1.82, 2.24) is 10.4 Å². The smallest absolute Gasteiger partial charge is 0.274 e. The Morgan fingerprint density at radius 2 is 2.11 bits per heavy atom. The Bertz CT molecular complexity index is 420. The molecule has 1 amide bonds. The average molecular weight is 266 g/mol. The summed E-state index contributed by atoms with van der Waals surface area (Å²) in [6.45, 7) is 3.45. The highest BCUT2D eigenvalue weighted by atomic mass is 19.1. The highest BCUT2D eigenvalue weighted by Crippen LogP contribution is 2.07. The third-order valence-electron chi connectivity index (χ3n) is 3.21. The molecule has 0 spiro atoms. The van der Waals surface area contributed by atoms with Crippen molar-refractivity contribution in [2.45, 2.75) is 19.3 Å². The molecule has 19 heavy (non-hydrogen) atoms. The molecular weight excluding hydrogens is 247 g/mol. The minimum Gasteiger partial charge on any atom is -0.301 e. The summed E-state index contributed by atoms with van der Waals surface area (Å²) in [5, 5.41) is 0. The monoisotopic (exact) mass is 266 g/mol. The number of hydrogen-bond donors (Lipinski definition) is 1. The predicted octanol–water partition coefficient (Wildman–Crippen LogP) is 1.97. The van der Waals surface area contributed by atoms with Crippen molar-refractivity contribution in [3.63, 3.8) is 0 Å². The normalized spacial score (nSPS) is 16.3. The Morgan fingerprint density at radius 3 is 2.84 bits per heavy atom. The molecular formula is C14H19FN2O2. The molecule has 0 aromatic heterocycles. The van der Waals surface area contributed by atoms with Crippen molar-refractivity contribution < 1.29 is 14.0 Å². The summed E-state index contributed by atoms with van der Waals surface area (Å²) < 4.78 is 12.9. The molecule has 0 radical (unpaired) electrons. The second-order valence-corrected chi connectivity index (χ2v) is 4.69. The quantitative estimate of drug-likeness (QED) is 0.654. The number of likely N-dealkylation sites (tertiary alicyclic amines) is 1. The number of carbonyl (C=O) groups is 1. The first-order chi connectivity index (χ1) is 9.25. The van der Waals surface area contributed by atoms with Crippen LogP contribution >= 0.6 is 0 Å². The molecule has 104 valence electrons. The zero-order valence-electron chi connectivity index (χ0n) is 10.9. The van der Waals surface area contributed by atoms with Gasteiger partial charge in [0.05, 0.1) is 6.61 Å². The predicted molar refractivity (Wildman–Crippen MR) is 70.1 cm³/mol. The lowest BCUT2D eigenvalue weighted by atomic mass is 10.1. The van der Waals surface area contributed by atoms with Crippen LogP contribution in [0.2, 0.25) is 0 Å². The van der Waals surface area contributed by atoms with Gasteiger partial charge in [-0.05, 0) is 44.1 Å². The molecule has 1 fully saturated rings. The fraction of sp³-hybridized carbons (Fsp3) is 0.500. The molecule has 0 aliphatic carbocycles. The molecule has 1 heterocycles. The van der Waals surface area contributed by atoms with E-state index >= 15 is 0 Å². The lowest BCUT2D eigenvalue weighted by molar-refractivity contribution is 0.0206. The molecule has 1 aliphatic rings. The second-order valence-electron chi connectivity index (χ2n) is 4.69. The van der Waals surface area contributed by atoms with Crippen LogP contribution < -0.4 is 5.48 Å². The molecule has 5 heteroatoms. The number of nitrogens with one attached hydrogen (secondary N) is 1. The summed E-state index contributed by atoms with van der Waals surface area (Å²) in [7, 11) is 0. The average Bonchev–Trinajstić information content (AvgIpc) is 2.44. The van der Waals surface area contributed by atoms with E-state index in [1.54, 1.807) is 6.07 Å². The Labute approximate surface area is 112 Å². The van der Waals surface area contributed by atoms with Crippen molar-refractivity contribution in [2.24, 2.45) is 0 Å². The van der Waals surface area contributed by atoms with Gasteiger partial charge in [-0.2, -0.15) is 0 Å². The van der Waals surface area contributed by atoms with E-state index in [9.17, 15) is 9.18 Å². The van der Waals surface area contributed by atoms with Crippen LogP contribution in [-0.2, 0) is 4.84 Å². The molecule has 0 bridgehead atoms. The van der Waals surface area contributed by atoms with Crippen LogP contribution in [0, 0.1) is 5.82 Å². The summed E-state index contributed by atoms with van der Waals surface area (Å²) in [6.07, 6.45) is 3.76. The van der Waals surface area contributed by atoms with Crippen LogP contribution in [0.5, 0.6) is 0 Å². The Hall–Kier alpha value is -1.46. The fourth-order valence-electron chi connectivity index (χ4n) is 2.16. The van der Waals surface area contributed by atoms with E-state index in [1.807, 2.05) is 0 Å². The number of halogens is 1. The SMILES string of the molecule is O=C(NOCCN1CCCCC1)c1cccc(F)c1. The first kappa shape index (κ1) is 14.0. The highest BCUT2D eigenvalue weighted by molar-refractivity contribution is 5.93. The summed E-state index contributed by atoms with van der Waals surface area (Å²) in [5.74, 6) is -0.848. The molecule has 4 nitrogen and oxygen atoms in total. The van der Waals surface area contributed by atoms with Crippen molar-refractivity contribution in [2.75, 3.05) is 26.2 Å². The van der Waals surface area contributed by atoms with Crippen LogP contribution in [0.4, 0.5) is 4.39 Å². The van der Waals surface area contributed by atoms with Gasteiger partial charge >= 0.3 is 0 Å². The van der Waals surface area contributed by atoms with Crippen LogP contribution in [0.25, 0.3) is 0 Å². The lowest BCUT2D eigenvalue weighted by Gasteiger charge is -2.25. The summed E-state index contributed by atoms with van der Waals surface area (Å²) in [5.41, 5.74) is 2.60. The second kappa shape index (κ2) is 7.21.